The number of likely N-dealkylation sites (tertiary alicyclic amines) is 1. The lowest BCUT2D eigenvalue weighted by Gasteiger charge is -2.34. The van der Waals surface area contributed by atoms with E-state index in [1.165, 1.54) is 5.56 Å². The fourth-order valence-corrected chi connectivity index (χ4v) is 3.62. The number of anilines is 1. The van der Waals surface area contributed by atoms with E-state index in [9.17, 15) is 9.90 Å². The van der Waals surface area contributed by atoms with Crippen LogP contribution in [0.25, 0.3) is 0 Å². The Morgan fingerprint density at radius 1 is 1.20 bits per heavy atom. The average molecular weight is 405 g/mol. The van der Waals surface area contributed by atoms with Crippen LogP contribution in [0.15, 0.2) is 48.5 Å². The molecule has 0 aliphatic carbocycles. The molecule has 4 heteroatoms. The first kappa shape index (κ1) is 21.9. The topological polar surface area (TPSA) is 52.6 Å². The maximum atomic E-state index is 13.1. The molecule has 0 aromatic heterocycles. The van der Waals surface area contributed by atoms with Crippen LogP contribution in [0, 0.1) is 11.8 Å². The summed E-state index contributed by atoms with van der Waals surface area (Å²) in [4.78, 5) is 15.0. The van der Waals surface area contributed by atoms with Crippen LogP contribution in [-0.2, 0) is 0 Å². The zero-order chi connectivity index (χ0) is 21.7. The normalized spacial score (nSPS) is 16.7. The fraction of sp³-hybridized carbons (Fsp3) is 0.423. The maximum absolute atomic E-state index is 13.1. The average Bonchev–Trinajstić information content (AvgIpc) is 2.72. The van der Waals surface area contributed by atoms with Gasteiger partial charge in [-0.15, -0.1) is 0 Å². The monoisotopic (exact) mass is 404 g/mol. The van der Waals surface area contributed by atoms with Crippen molar-refractivity contribution in [3.8, 4) is 11.8 Å². The third-order valence-corrected chi connectivity index (χ3v) is 5.28. The predicted molar refractivity (Wildman–Crippen MR) is 123 cm³/mol. The summed E-state index contributed by atoms with van der Waals surface area (Å²) in [5.41, 5.74) is 2.75. The van der Waals surface area contributed by atoms with Gasteiger partial charge < -0.3 is 15.3 Å². The van der Waals surface area contributed by atoms with Gasteiger partial charge in [-0.05, 0) is 68.5 Å². The Morgan fingerprint density at radius 3 is 2.60 bits per heavy atom. The lowest BCUT2D eigenvalue weighted by molar-refractivity contribution is 0.0714. The number of carbonyl (C=O) groups excluding carboxylic acids is 1. The van der Waals surface area contributed by atoms with Crippen molar-refractivity contribution in [3.63, 3.8) is 0 Å². The molecule has 158 valence electrons. The van der Waals surface area contributed by atoms with Crippen molar-refractivity contribution in [2.75, 3.05) is 18.4 Å². The molecule has 1 unspecified atom stereocenters. The summed E-state index contributed by atoms with van der Waals surface area (Å²) in [6.07, 6.45) is 2.03. The zero-order valence-electron chi connectivity index (χ0n) is 18.4. The molecule has 1 aliphatic heterocycles. The SMILES string of the molecule is CC(C)c1ccc(NC2CCCN(C(=O)c3cccc(C#CC(C)(C)O)c3)C2)cc1. The molecular weight excluding hydrogens is 372 g/mol. The number of piperidine rings is 1. The maximum Gasteiger partial charge on any atom is 0.253 e. The van der Waals surface area contributed by atoms with Crippen LogP contribution in [0.2, 0.25) is 0 Å². The molecule has 30 heavy (non-hydrogen) atoms. The van der Waals surface area contributed by atoms with Crippen LogP contribution in [-0.4, -0.2) is 40.6 Å². The summed E-state index contributed by atoms with van der Waals surface area (Å²) >= 11 is 0. The van der Waals surface area contributed by atoms with Crippen LogP contribution in [0.1, 0.15) is 67.9 Å². The second-order valence-electron chi connectivity index (χ2n) is 8.90. The van der Waals surface area contributed by atoms with E-state index in [-0.39, 0.29) is 11.9 Å². The highest BCUT2D eigenvalue weighted by atomic mass is 16.3. The number of benzene rings is 2. The van der Waals surface area contributed by atoms with Gasteiger partial charge in [-0.1, -0.05) is 43.9 Å². The predicted octanol–water partition coefficient (Wildman–Crippen LogP) is 4.65. The van der Waals surface area contributed by atoms with E-state index in [1.54, 1.807) is 13.8 Å². The molecule has 1 atom stereocenters. The Morgan fingerprint density at radius 2 is 1.93 bits per heavy atom. The minimum Gasteiger partial charge on any atom is -0.381 e. The standard InChI is InChI=1S/C26H32N2O2/c1-19(2)21-10-12-23(13-11-21)27-24-9-6-16-28(18-24)25(29)22-8-5-7-20(17-22)14-15-26(3,4)30/h5,7-8,10-13,17,19,24,27,30H,6,9,16,18H2,1-4H3. The Hall–Kier alpha value is -2.77. The number of hydrogen-bond acceptors (Lipinski definition) is 3. The molecule has 0 radical (unpaired) electrons. The first-order valence-electron chi connectivity index (χ1n) is 10.7. The van der Waals surface area contributed by atoms with E-state index in [2.05, 4.69) is 55.3 Å². The summed E-state index contributed by atoms with van der Waals surface area (Å²) in [6, 6.07) is 16.2. The summed E-state index contributed by atoms with van der Waals surface area (Å²) < 4.78 is 0. The van der Waals surface area contributed by atoms with Gasteiger partial charge in [0.1, 0.15) is 5.60 Å². The minimum absolute atomic E-state index is 0.0311. The molecule has 1 saturated heterocycles. The van der Waals surface area contributed by atoms with E-state index in [1.807, 2.05) is 29.2 Å². The van der Waals surface area contributed by atoms with Crippen LogP contribution >= 0.6 is 0 Å². The highest BCUT2D eigenvalue weighted by molar-refractivity contribution is 5.94. The van der Waals surface area contributed by atoms with Gasteiger partial charge in [0.05, 0.1) is 0 Å². The Bertz CT molecular complexity index is 930. The third-order valence-electron chi connectivity index (χ3n) is 5.28. The van der Waals surface area contributed by atoms with E-state index >= 15 is 0 Å². The number of nitrogens with one attached hydrogen (secondary N) is 1. The first-order chi connectivity index (χ1) is 14.2. The van der Waals surface area contributed by atoms with Gasteiger partial charge in [-0.25, -0.2) is 0 Å². The zero-order valence-corrected chi connectivity index (χ0v) is 18.4. The van der Waals surface area contributed by atoms with Gasteiger partial charge in [0.2, 0.25) is 0 Å². The van der Waals surface area contributed by atoms with Crippen LogP contribution < -0.4 is 5.32 Å². The minimum atomic E-state index is -1.06. The molecule has 0 saturated carbocycles. The Labute approximate surface area is 180 Å². The number of carbonyl (C=O) groups is 1. The van der Waals surface area contributed by atoms with Crippen molar-refractivity contribution in [1.29, 1.82) is 0 Å². The Kier molecular flexibility index (Phi) is 6.84. The smallest absolute Gasteiger partial charge is 0.253 e. The number of aliphatic hydroxyl groups is 1. The third kappa shape index (κ3) is 6.11. The number of nitrogens with zero attached hydrogens (tertiary/aromatic N) is 1. The second kappa shape index (κ2) is 9.36. The molecule has 2 N–H and O–H groups in total. The van der Waals surface area contributed by atoms with Crippen molar-refractivity contribution >= 4 is 11.6 Å². The summed E-state index contributed by atoms with van der Waals surface area (Å²) in [5, 5.41) is 13.4. The lowest BCUT2D eigenvalue weighted by Crippen LogP contribution is -2.45. The van der Waals surface area contributed by atoms with Crippen molar-refractivity contribution in [3.05, 3.63) is 65.2 Å². The molecule has 1 fully saturated rings. The number of amides is 1. The van der Waals surface area contributed by atoms with Gasteiger partial charge in [0.15, 0.2) is 0 Å². The van der Waals surface area contributed by atoms with Crippen molar-refractivity contribution < 1.29 is 9.90 Å². The second-order valence-corrected chi connectivity index (χ2v) is 8.90. The first-order valence-corrected chi connectivity index (χ1v) is 10.7. The molecule has 3 rings (SSSR count). The summed E-state index contributed by atoms with van der Waals surface area (Å²) in [6.45, 7) is 9.13. The van der Waals surface area contributed by atoms with Gasteiger partial charge in [-0.2, -0.15) is 0 Å². The molecule has 2 aromatic rings. The molecule has 4 nitrogen and oxygen atoms in total. The van der Waals surface area contributed by atoms with Gasteiger partial charge >= 0.3 is 0 Å². The van der Waals surface area contributed by atoms with Crippen molar-refractivity contribution in [2.45, 2.75) is 58.1 Å². The molecule has 1 heterocycles. The van der Waals surface area contributed by atoms with Gasteiger partial charge in [0, 0.05) is 35.9 Å². The highest BCUT2D eigenvalue weighted by Gasteiger charge is 2.24. The Balaban J connectivity index is 1.66. The number of rotatable bonds is 4. The molecular formula is C26H32N2O2. The quantitative estimate of drug-likeness (QED) is 0.730. The molecule has 0 spiro atoms. The van der Waals surface area contributed by atoms with Crippen LogP contribution in [0.5, 0.6) is 0 Å². The largest absolute Gasteiger partial charge is 0.381 e. The van der Waals surface area contributed by atoms with E-state index in [0.717, 1.165) is 30.6 Å². The van der Waals surface area contributed by atoms with Gasteiger partial charge in [-0.3, -0.25) is 4.79 Å². The molecule has 1 amide bonds. The molecule has 2 aromatic carbocycles. The van der Waals surface area contributed by atoms with Crippen molar-refractivity contribution in [1.82, 2.24) is 4.90 Å². The van der Waals surface area contributed by atoms with E-state index < -0.39 is 5.60 Å². The number of hydrogen-bond donors (Lipinski definition) is 2. The summed E-state index contributed by atoms with van der Waals surface area (Å²) in [7, 11) is 0. The molecule has 0 bridgehead atoms. The van der Waals surface area contributed by atoms with E-state index in [0.29, 0.717) is 18.0 Å². The van der Waals surface area contributed by atoms with E-state index in [4.69, 9.17) is 0 Å². The highest BCUT2D eigenvalue weighted by Crippen LogP contribution is 2.21. The molecule has 1 aliphatic rings. The van der Waals surface area contributed by atoms with Crippen molar-refractivity contribution in [2.24, 2.45) is 0 Å². The van der Waals surface area contributed by atoms with Crippen LogP contribution in [0.4, 0.5) is 5.69 Å². The lowest BCUT2D eigenvalue weighted by atomic mass is 10.0. The fourth-order valence-electron chi connectivity index (χ4n) is 3.62. The van der Waals surface area contributed by atoms with Crippen LogP contribution in [0.3, 0.4) is 0 Å². The summed E-state index contributed by atoms with van der Waals surface area (Å²) in [5.74, 6) is 6.30. The van der Waals surface area contributed by atoms with Gasteiger partial charge in [0.25, 0.3) is 5.91 Å².